The van der Waals surface area contributed by atoms with Crippen molar-refractivity contribution in [3.8, 4) is 0 Å². The van der Waals surface area contributed by atoms with Crippen LogP contribution in [0, 0.1) is 0 Å². The molecule has 0 aromatic heterocycles. The van der Waals surface area contributed by atoms with Gasteiger partial charge in [-0.05, 0) is 23.6 Å². The lowest BCUT2D eigenvalue weighted by Gasteiger charge is -2.32. The number of hydroxylamine groups is 2. The van der Waals surface area contributed by atoms with Crippen LogP contribution in [0.4, 0.5) is 5.69 Å². The Morgan fingerprint density at radius 3 is 2.06 bits per heavy atom. The van der Waals surface area contributed by atoms with Gasteiger partial charge in [-0.15, -0.1) is 0 Å². The fourth-order valence-electron chi connectivity index (χ4n) is 2.02. The van der Waals surface area contributed by atoms with E-state index in [0.717, 1.165) is 26.2 Å². The van der Waals surface area contributed by atoms with Crippen LogP contribution in [0.15, 0.2) is 24.3 Å². The van der Waals surface area contributed by atoms with E-state index in [-0.39, 0.29) is 0 Å². The molecule has 16 heavy (non-hydrogen) atoms. The summed E-state index contributed by atoms with van der Waals surface area (Å²) in [5.41, 5.74) is 2.64. The van der Waals surface area contributed by atoms with Gasteiger partial charge in [0, 0.05) is 31.9 Å². The summed E-state index contributed by atoms with van der Waals surface area (Å²) in [5, 5.41) is 10.7. The maximum absolute atomic E-state index is 9.30. The van der Waals surface area contributed by atoms with Crippen molar-refractivity contribution in [3.05, 3.63) is 29.8 Å². The van der Waals surface area contributed by atoms with E-state index < -0.39 is 0 Å². The summed E-state index contributed by atoms with van der Waals surface area (Å²) in [6.07, 6.45) is 0. The molecule has 0 bridgehead atoms. The average molecular weight is 220 g/mol. The first-order chi connectivity index (χ1) is 7.66. The summed E-state index contributed by atoms with van der Waals surface area (Å²) in [4.78, 5) is 2.32. The lowest BCUT2D eigenvalue weighted by molar-refractivity contribution is -0.0935. The lowest BCUT2D eigenvalue weighted by Crippen LogP contribution is -2.44. The van der Waals surface area contributed by atoms with Crippen LogP contribution in [0.3, 0.4) is 0 Å². The van der Waals surface area contributed by atoms with Gasteiger partial charge in [0.2, 0.25) is 0 Å². The van der Waals surface area contributed by atoms with Gasteiger partial charge >= 0.3 is 0 Å². The predicted molar refractivity (Wildman–Crippen MR) is 66.1 cm³/mol. The Bertz CT molecular complexity index is 326. The minimum Gasteiger partial charge on any atom is -0.369 e. The van der Waals surface area contributed by atoms with Crippen LogP contribution in [0.2, 0.25) is 0 Å². The van der Waals surface area contributed by atoms with E-state index in [0.29, 0.717) is 5.92 Å². The van der Waals surface area contributed by atoms with Gasteiger partial charge in [-0.2, -0.15) is 5.06 Å². The van der Waals surface area contributed by atoms with Crippen molar-refractivity contribution in [3.63, 3.8) is 0 Å². The third-order valence-electron chi connectivity index (χ3n) is 3.18. The summed E-state index contributed by atoms with van der Waals surface area (Å²) in [7, 11) is 0. The Hall–Kier alpha value is -1.06. The summed E-state index contributed by atoms with van der Waals surface area (Å²) < 4.78 is 0. The molecule has 3 nitrogen and oxygen atoms in total. The highest BCUT2D eigenvalue weighted by Gasteiger charge is 2.15. The van der Waals surface area contributed by atoms with Crippen molar-refractivity contribution in [1.82, 2.24) is 5.06 Å². The van der Waals surface area contributed by atoms with Crippen molar-refractivity contribution in [2.75, 3.05) is 31.1 Å². The standard InChI is InChI=1S/C13H20N2O/c1-11(2)12-3-5-13(6-4-12)14-7-9-15(16)10-8-14/h3-6,11,16H,7-10H2,1-2H3. The smallest absolute Gasteiger partial charge is 0.0414 e. The minimum absolute atomic E-state index is 0.586. The zero-order valence-electron chi connectivity index (χ0n) is 10.1. The molecule has 1 N–H and O–H groups in total. The van der Waals surface area contributed by atoms with Crippen molar-refractivity contribution in [2.45, 2.75) is 19.8 Å². The minimum atomic E-state index is 0.586. The number of anilines is 1. The molecule has 1 aromatic carbocycles. The lowest BCUT2D eigenvalue weighted by atomic mass is 10.0. The fourth-order valence-corrected chi connectivity index (χ4v) is 2.02. The van der Waals surface area contributed by atoms with E-state index in [1.165, 1.54) is 16.3 Å². The quantitative estimate of drug-likeness (QED) is 0.828. The molecular formula is C13H20N2O. The third-order valence-corrected chi connectivity index (χ3v) is 3.18. The predicted octanol–water partition coefficient (Wildman–Crippen LogP) is 2.32. The summed E-state index contributed by atoms with van der Waals surface area (Å²) >= 11 is 0. The second kappa shape index (κ2) is 4.85. The molecule has 1 saturated heterocycles. The molecule has 2 rings (SSSR count). The number of piperazine rings is 1. The molecule has 0 atom stereocenters. The highest BCUT2D eigenvalue weighted by Crippen LogP contribution is 2.20. The van der Waals surface area contributed by atoms with Gasteiger partial charge in [0.25, 0.3) is 0 Å². The Kier molecular flexibility index (Phi) is 3.46. The van der Waals surface area contributed by atoms with E-state index in [9.17, 15) is 5.21 Å². The normalized spacial score (nSPS) is 18.1. The third kappa shape index (κ3) is 2.54. The largest absolute Gasteiger partial charge is 0.369 e. The summed E-state index contributed by atoms with van der Waals surface area (Å²) in [6, 6.07) is 8.77. The highest BCUT2D eigenvalue weighted by atomic mass is 16.5. The Balaban J connectivity index is 2.04. The molecule has 0 saturated carbocycles. The second-order valence-corrected chi connectivity index (χ2v) is 4.69. The van der Waals surface area contributed by atoms with Crippen molar-refractivity contribution in [1.29, 1.82) is 0 Å². The maximum Gasteiger partial charge on any atom is 0.0414 e. The first kappa shape index (κ1) is 11.4. The van der Waals surface area contributed by atoms with Crippen LogP contribution in [-0.2, 0) is 0 Å². The number of nitrogens with zero attached hydrogens (tertiary/aromatic N) is 2. The number of rotatable bonds is 2. The monoisotopic (exact) mass is 220 g/mol. The second-order valence-electron chi connectivity index (χ2n) is 4.69. The molecular weight excluding hydrogens is 200 g/mol. The Labute approximate surface area is 97.2 Å². The van der Waals surface area contributed by atoms with E-state index in [2.05, 4.69) is 43.0 Å². The molecule has 0 radical (unpaired) electrons. The molecule has 0 aliphatic carbocycles. The molecule has 1 heterocycles. The van der Waals surface area contributed by atoms with Crippen LogP contribution < -0.4 is 4.90 Å². The summed E-state index contributed by atoms with van der Waals surface area (Å²) in [6.45, 7) is 7.67. The van der Waals surface area contributed by atoms with Crippen molar-refractivity contribution < 1.29 is 5.21 Å². The molecule has 0 amide bonds. The van der Waals surface area contributed by atoms with Gasteiger partial charge in [-0.1, -0.05) is 26.0 Å². The molecule has 1 fully saturated rings. The molecule has 88 valence electrons. The van der Waals surface area contributed by atoms with Crippen LogP contribution in [0.1, 0.15) is 25.3 Å². The first-order valence-corrected chi connectivity index (χ1v) is 5.95. The van der Waals surface area contributed by atoms with Gasteiger partial charge in [-0.25, -0.2) is 0 Å². The van der Waals surface area contributed by atoms with E-state index in [4.69, 9.17) is 0 Å². The van der Waals surface area contributed by atoms with Crippen molar-refractivity contribution in [2.24, 2.45) is 0 Å². The molecule has 0 unspecified atom stereocenters. The number of hydrogen-bond donors (Lipinski definition) is 1. The van der Waals surface area contributed by atoms with Crippen LogP contribution in [0.25, 0.3) is 0 Å². The van der Waals surface area contributed by atoms with E-state index in [1.54, 1.807) is 0 Å². The van der Waals surface area contributed by atoms with E-state index in [1.807, 2.05) is 0 Å². The Morgan fingerprint density at radius 1 is 1.00 bits per heavy atom. The molecule has 3 heteroatoms. The fraction of sp³-hybridized carbons (Fsp3) is 0.538. The van der Waals surface area contributed by atoms with Gasteiger partial charge in [0.1, 0.15) is 0 Å². The maximum atomic E-state index is 9.30. The highest BCUT2D eigenvalue weighted by molar-refractivity contribution is 5.48. The van der Waals surface area contributed by atoms with Crippen LogP contribution in [-0.4, -0.2) is 36.4 Å². The van der Waals surface area contributed by atoms with Crippen LogP contribution >= 0.6 is 0 Å². The van der Waals surface area contributed by atoms with Crippen LogP contribution in [0.5, 0.6) is 0 Å². The van der Waals surface area contributed by atoms with Gasteiger partial charge in [0.05, 0.1) is 0 Å². The molecule has 1 aliphatic heterocycles. The van der Waals surface area contributed by atoms with Gasteiger partial charge in [-0.3, -0.25) is 0 Å². The van der Waals surface area contributed by atoms with E-state index >= 15 is 0 Å². The Morgan fingerprint density at radius 2 is 1.56 bits per heavy atom. The van der Waals surface area contributed by atoms with Gasteiger partial charge in [0.15, 0.2) is 0 Å². The zero-order chi connectivity index (χ0) is 11.5. The SMILES string of the molecule is CC(C)c1ccc(N2CCN(O)CC2)cc1. The topological polar surface area (TPSA) is 26.7 Å². The van der Waals surface area contributed by atoms with Gasteiger partial charge < -0.3 is 10.1 Å². The van der Waals surface area contributed by atoms with Crippen molar-refractivity contribution >= 4 is 5.69 Å². The zero-order valence-corrected chi connectivity index (χ0v) is 10.1. The molecule has 0 spiro atoms. The first-order valence-electron chi connectivity index (χ1n) is 5.95. The number of hydrogen-bond acceptors (Lipinski definition) is 3. The summed E-state index contributed by atoms with van der Waals surface area (Å²) in [5.74, 6) is 0.586. The number of benzene rings is 1. The average Bonchev–Trinajstić information content (AvgIpc) is 2.30. The molecule has 1 aliphatic rings. The molecule has 1 aromatic rings.